The first kappa shape index (κ1) is 22.6. The summed E-state index contributed by atoms with van der Waals surface area (Å²) in [5, 5.41) is 2.40. The number of aromatic nitrogens is 3. The summed E-state index contributed by atoms with van der Waals surface area (Å²) < 4.78 is 0. The number of anilines is 1. The summed E-state index contributed by atoms with van der Waals surface area (Å²) in [7, 11) is 0. The molecule has 0 saturated carbocycles. The zero-order valence-electron chi connectivity index (χ0n) is 18.8. The Kier molecular flexibility index (Phi) is 6.64. The normalized spacial score (nSPS) is 15.0. The fourth-order valence-corrected chi connectivity index (χ4v) is 5.97. The summed E-state index contributed by atoms with van der Waals surface area (Å²) in [6.07, 6.45) is 3.58. The van der Waals surface area contributed by atoms with E-state index in [1.165, 1.54) is 23.1 Å². The number of hydrogen-bond acceptors (Lipinski definition) is 7. The quantitative estimate of drug-likeness (QED) is 0.439. The van der Waals surface area contributed by atoms with Gasteiger partial charge in [-0.25, -0.2) is 4.98 Å². The zero-order valence-corrected chi connectivity index (χ0v) is 20.4. The van der Waals surface area contributed by atoms with Crippen molar-refractivity contribution in [3.63, 3.8) is 0 Å². The van der Waals surface area contributed by atoms with E-state index in [2.05, 4.69) is 19.9 Å². The molecule has 4 heterocycles. The second-order valence-electron chi connectivity index (χ2n) is 8.18. The topological polar surface area (TPSA) is 82.2 Å². The third-order valence-corrected chi connectivity index (χ3v) is 8.03. The molecule has 1 atom stereocenters. The summed E-state index contributed by atoms with van der Waals surface area (Å²) in [4.78, 5) is 42.4. The van der Waals surface area contributed by atoms with Crippen molar-refractivity contribution in [3.05, 3.63) is 76.4 Å². The van der Waals surface area contributed by atoms with Gasteiger partial charge in [-0.05, 0) is 24.6 Å². The van der Waals surface area contributed by atoms with Gasteiger partial charge in [0, 0.05) is 55.2 Å². The molecule has 1 N–H and O–H groups in total. The van der Waals surface area contributed by atoms with Crippen LogP contribution in [0.15, 0.2) is 65.0 Å². The molecule has 5 rings (SSSR count). The molecular weight excluding hydrogens is 466 g/mol. The van der Waals surface area contributed by atoms with Gasteiger partial charge in [0.1, 0.15) is 10.7 Å². The molecule has 1 aliphatic rings. The average Bonchev–Trinajstić information content (AvgIpc) is 3.33. The molecule has 3 aromatic heterocycles. The molecule has 1 aromatic carbocycles. The maximum Gasteiger partial charge on any atom is 0.260 e. The number of thioether (sulfide) groups is 1. The molecule has 1 fully saturated rings. The first-order valence-electron chi connectivity index (χ1n) is 11.2. The number of rotatable bonds is 6. The van der Waals surface area contributed by atoms with Gasteiger partial charge in [0.2, 0.25) is 5.91 Å². The molecule has 9 heteroatoms. The number of benzene rings is 1. The Morgan fingerprint density at radius 3 is 2.59 bits per heavy atom. The predicted octanol–water partition coefficient (Wildman–Crippen LogP) is 4.02. The summed E-state index contributed by atoms with van der Waals surface area (Å²) >= 11 is 2.98. The second kappa shape index (κ2) is 9.99. The number of carbonyl (C=O) groups excluding carboxylic acids is 1. The van der Waals surface area contributed by atoms with Crippen LogP contribution in [0.25, 0.3) is 21.3 Å². The van der Waals surface area contributed by atoms with Crippen LogP contribution in [0.2, 0.25) is 0 Å². The van der Waals surface area contributed by atoms with Gasteiger partial charge in [-0.15, -0.1) is 23.1 Å². The largest absolute Gasteiger partial charge is 0.368 e. The van der Waals surface area contributed by atoms with Crippen molar-refractivity contribution in [3.8, 4) is 11.1 Å². The van der Waals surface area contributed by atoms with E-state index in [0.717, 1.165) is 34.7 Å². The highest BCUT2D eigenvalue weighted by atomic mass is 32.2. The van der Waals surface area contributed by atoms with Gasteiger partial charge in [0.05, 0.1) is 16.4 Å². The molecule has 0 bridgehead atoms. The van der Waals surface area contributed by atoms with Crippen molar-refractivity contribution in [2.24, 2.45) is 0 Å². The molecule has 0 spiro atoms. The highest BCUT2D eigenvalue weighted by molar-refractivity contribution is 7.99. The van der Waals surface area contributed by atoms with Gasteiger partial charge in [0.15, 0.2) is 0 Å². The summed E-state index contributed by atoms with van der Waals surface area (Å²) in [6, 6.07) is 13.9. The minimum absolute atomic E-state index is 0.130. The van der Waals surface area contributed by atoms with Crippen LogP contribution in [0, 0.1) is 0 Å². The fourth-order valence-electron chi connectivity index (χ4n) is 4.16. The number of nitrogens with one attached hydrogen (secondary N) is 1. The van der Waals surface area contributed by atoms with E-state index in [4.69, 9.17) is 0 Å². The zero-order chi connectivity index (χ0) is 23.5. The number of pyridine rings is 1. The van der Waals surface area contributed by atoms with Gasteiger partial charge in [-0.3, -0.25) is 14.6 Å². The summed E-state index contributed by atoms with van der Waals surface area (Å²) in [5.41, 5.74) is 2.92. The maximum atomic E-state index is 13.0. The lowest BCUT2D eigenvalue weighted by molar-refractivity contribution is -0.130. The standard InChI is InChI=1S/C25H25N5O2S2/c1-17(25(32)30-13-11-29(12-14-30)19-7-9-26-10-8-19)33-16-21-27-23(31)22-20(15-34-24(22)28-21)18-5-3-2-4-6-18/h2-10,15,17H,11-14,16H2,1H3,(H,27,28,31). The number of thiophene rings is 1. The van der Waals surface area contributed by atoms with Crippen LogP contribution in [0.1, 0.15) is 12.7 Å². The molecular formula is C25H25N5O2S2. The number of nitrogens with zero attached hydrogens (tertiary/aromatic N) is 4. The lowest BCUT2D eigenvalue weighted by Gasteiger charge is -2.37. The Morgan fingerprint density at radius 1 is 1.12 bits per heavy atom. The second-order valence-corrected chi connectivity index (χ2v) is 10.4. The SMILES string of the molecule is CC(SCc1nc2scc(-c3ccccc3)c2c(=O)[nH]1)C(=O)N1CCN(c2ccncc2)CC1. The first-order chi connectivity index (χ1) is 16.6. The third-order valence-electron chi connectivity index (χ3n) is 6.01. The Bertz CT molecular complexity index is 1330. The molecule has 4 aromatic rings. The smallest absolute Gasteiger partial charge is 0.260 e. The Balaban J connectivity index is 1.21. The van der Waals surface area contributed by atoms with Crippen LogP contribution in [0.4, 0.5) is 5.69 Å². The number of fused-ring (bicyclic) bond motifs is 1. The molecule has 7 nitrogen and oxygen atoms in total. The van der Waals surface area contributed by atoms with Crippen molar-refractivity contribution in [1.29, 1.82) is 0 Å². The molecule has 0 aliphatic carbocycles. The molecule has 0 radical (unpaired) electrons. The Hall–Kier alpha value is -3.17. The van der Waals surface area contributed by atoms with Crippen molar-refractivity contribution < 1.29 is 4.79 Å². The summed E-state index contributed by atoms with van der Waals surface area (Å²) in [5.74, 6) is 1.21. The molecule has 1 saturated heterocycles. The maximum absolute atomic E-state index is 13.0. The lowest BCUT2D eigenvalue weighted by Crippen LogP contribution is -2.50. The molecule has 34 heavy (non-hydrogen) atoms. The van der Waals surface area contributed by atoms with Crippen LogP contribution in [0.5, 0.6) is 0 Å². The van der Waals surface area contributed by atoms with E-state index in [1.807, 2.05) is 59.7 Å². The van der Waals surface area contributed by atoms with Crippen LogP contribution in [-0.2, 0) is 10.5 Å². The lowest BCUT2D eigenvalue weighted by atomic mass is 10.1. The number of hydrogen-bond donors (Lipinski definition) is 1. The van der Waals surface area contributed by atoms with Crippen molar-refractivity contribution in [2.75, 3.05) is 31.1 Å². The van der Waals surface area contributed by atoms with Gasteiger partial charge in [0.25, 0.3) is 5.56 Å². The number of aromatic amines is 1. The number of carbonyl (C=O) groups is 1. The van der Waals surface area contributed by atoms with Gasteiger partial charge < -0.3 is 14.8 Å². The molecule has 1 unspecified atom stereocenters. The van der Waals surface area contributed by atoms with E-state index >= 15 is 0 Å². The highest BCUT2D eigenvalue weighted by Crippen LogP contribution is 2.31. The Labute approximate surface area is 205 Å². The Morgan fingerprint density at radius 2 is 1.85 bits per heavy atom. The molecule has 1 amide bonds. The van der Waals surface area contributed by atoms with Crippen molar-refractivity contribution >= 4 is 44.9 Å². The average molecular weight is 492 g/mol. The number of H-pyrrole nitrogens is 1. The summed E-state index contributed by atoms with van der Waals surface area (Å²) in [6.45, 7) is 4.94. The van der Waals surface area contributed by atoms with Crippen molar-refractivity contribution in [1.82, 2.24) is 19.9 Å². The van der Waals surface area contributed by atoms with E-state index in [0.29, 0.717) is 30.1 Å². The first-order valence-corrected chi connectivity index (χ1v) is 13.1. The van der Waals surface area contributed by atoms with Gasteiger partial charge in [-0.2, -0.15) is 0 Å². The van der Waals surface area contributed by atoms with Crippen LogP contribution in [0.3, 0.4) is 0 Å². The van der Waals surface area contributed by atoms with Crippen LogP contribution in [-0.4, -0.2) is 57.2 Å². The van der Waals surface area contributed by atoms with Crippen molar-refractivity contribution in [2.45, 2.75) is 17.9 Å². The molecule has 1 aliphatic heterocycles. The van der Waals surface area contributed by atoms with Crippen LogP contribution < -0.4 is 10.5 Å². The molecule has 174 valence electrons. The van der Waals surface area contributed by atoms with E-state index in [1.54, 1.807) is 12.4 Å². The van der Waals surface area contributed by atoms with Gasteiger partial charge in [-0.1, -0.05) is 30.3 Å². The highest BCUT2D eigenvalue weighted by Gasteiger charge is 2.25. The number of piperazine rings is 1. The van der Waals surface area contributed by atoms with E-state index in [-0.39, 0.29) is 16.7 Å². The third kappa shape index (κ3) is 4.71. The minimum Gasteiger partial charge on any atom is -0.368 e. The van der Waals surface area contributed by atoms with E-state index < -0.39 is 0 Å². The van der Waals surface area contributed by atoms with E-state index in [9.17, 15) is 9.59 Å². The fraction of sp³-hybridized carbons (Fsp3) is 0.280. The number of amides is 1. The minimum atomic E-state index is -0.211. The van der Waals surface area contributed by atoms with Gasteiger partial charge >= 0.3 is 0 Å². The monoisotopic (exact) mass is 491 g/mol. The van der Waals surface area contributed by atoms with Crippen LogP contribution >= 0.6 is 23.1 Å². The predicted molar refractivity (Wildman–Crippen MR) is 139 cm³/mol.